The minimum atomic E-state index is -0.715. The first-order chi connectivity index (χ1) is 15.3. The Kier molecular flexibility index (Phi) is 11.0. The van der Waals surface area contributed by atoms with E-state index in [-0.39, 0.29) is 42.1 Å². The van der Waals surface area contributed by atoms with Gasteiger partial charge in [-0.15, -0.1) is 0 Å². The minimum Gasteiger partial charge on any atom is -0.460 e. The maximum Gasteiger partial charge on any atom is 0.309 e. The zero-order chi connectivity index (χ0) is 25.3. The van der Waals surface area contributed by atoms with Crippen LogP contribution in [0.2, 0.25) is 0 Å². The van der Waals surface area contributed by atoms with Gasteiger partial charge in [0.1, 0.15) is 11.6 Å². The highest BCUT2D eigenvalue weighted by Crippen LogP contribution is 2.24. The Morgan fingerprint density at radius 2 is 1.64 bits per heavy atom. The van der Waals surface area contributed by atoms with Gasteiger partial charge in [0.15, 0.2) is 0 Å². The van der Waals surface area contributed by atoms with Crippen LogP contribution in [0, 0.1) is 11.8 Å². The number of hydrogen-bond acceptors (Lipinski definition) is 5. The predicted molar refractivity (Wildman–Crippen MR) is 130 cm³/mol. The van der Waals surface area contributed by atoms with E-state index in [1.54, 1.807) is 43.3 Å². The van der Waals surface area contributed by atoms with E-state index in [2.05, 4.69) is 5.32 Å². The molecule has 1 N–H and O–H groups in total. The number of carbonyl (C=O) groups is 3. The topological polar surface area (TPSA) is 84.9 Å². The molecule has 0 aliphatic heterocycles. The van der Waals surface area contributed by atoms with Gasteiger partial charge < -0.3 is 19.7 Å². The first-order valence-electron chi connectivity index (χ1n) is 11.7. The van der Waals surface area contributed by atoms with Crippen molar-refractivity contribution in [3.63, 3.8) is 0 Å². The fourth-order valence-electron chi connectivity index (χ4n) is 3.82. The maximum atomic E-state index is 13.6. The van der Waals surface area contributed by atoms with Crippen LogP contribution in [0.25, 0.3) is 0 Å². The van der Waals surface area contributed by atoms with Gasteiger partial charge in [-0.05, 0) is 44.7 Å². The Bertz CT molecular complexity index is 773. The van der Waals surface area contributed by atoms with Crippen LogP contribution in [0.4, 0.5) is 0 Å². The van der Waals surface area contributed by atoms with Crippen molar-refractivity contribution in [2.24, 2.45) is 11.8 Å². The van der Waals surface area contributed by atoms with E-state index in [0.29, 0.717) is 5.56 Å². The molecule has 186 valence electrons. The van der Waals surface area contributed by atoms with Crippen LogP contribution in [-0.2, 0) is 19.1 Å². The second-order valence-electron chi connectivity index (χ2n) is 9.95. The second-order valence-corrected chi connectivity index (χ2v) is 9.95. The molecule has 0 saturated carbocycles. The second kappa shape index (κ2) is 12.7. The number of hydrogen-bond donors (Lipinski definition) is 1. The van der Waals surface area contributed by atoms with E-state index in [9.17, 15) is 14.4 Å². The average Bonchev–Trinajstić information content (AvgIpc) is 2.74. The van der Waals surface area contributed by atoms with Crippen molar-refractivity contribution in [1.29, 1.82) is 0 Å². The van der Waals surface area contributed by atoms with Crippen LogP contribution < -0.4 is 5.32 Å². The molecule has 7 heteroatoms. The zero-order valence-corrected chi connectivity index (χ0v) is 21.7. The van der Waals surface area contributed by atoms with Crippen molar-refractivity contribution in [1.82, 2.24) is 10.2 Å². The maximum absolute atomic E-state index is 13.6. The van der Waals surface area contributed by atoms with Crippen LogP contribution in [0.15, 0.2) is 30.3 Å². The lowest BCUT2D eigenvalue weighted by Gasteiger charge is -2.39. The van der Waals surface area contributed by atoms with E-state index in [0.717, 1.165) is 6.42 Å². The van der Waals surface area contributed by atoms with Crippen LogP contribution in [-0.4, -0.2) is 60.6 Å². The number of nitrogens with one attached hydrogen (secondary N) is 1. The lowest BCUT2D eigenvalue weighted by Crippen LogP contribution is -2.57. The molecule has 0 spiro atoms. The summed E-state index contributed by atoms with van der Waals surface area (Å²) in [4.78, 5) is 40.5. The fourth-order valence-corrected chi connectivity index (χ4v) is 3.82. The van der Waals surface area contributed by atoms with Crippen molar-refractivity contribution in [2.75, 3.05) is 14.2 Å². The van der Waals surface area contributed by atoms with E-state index in [1.807, 2.05) is 54.5 Å². The van der Waals surface area contributed by atoms with Gasteiger partial charge in [-0.3, -0.25) is 14.4 Å². The molecule has 4 atom stereocenters. The summed E-state index contributed by atoms with van der Waals surface area (Å²) in [6.07, 6.45) is 0.281. The van der Waals surface area contributed by atoms with Crippen molar-refractivity contribution in [3.8, 4) is 0 Å². The highest BCUT2D eigenvalue weighted by molar-refractivity contribution is 5.97. The van der Waals surface area contributed by atoms with E-state index in [1.165, 1.54) is 0 Å². The van der Waals surface area contributed by atoms with Gasteiger partial charge in [0.25, 0.3) is 5.91 Å². The normalized spacial score (nSPS) is 15.3. The largest absolute Gasteiger partial charge is 0.460 e. The van der Waals surface area contributed by atoms with Gasteiger partial charge in [0.05, 0.1) is 18.6 Å². The van der Waals surface area contributed by atoms with Crippen LogP contribution in [0.1, 0.15) is 71.7 Å². The zero-order valence-electron chi connectivity index (χ0n) is 21.7. The molecule has 2 amide bonds. The smallest absolute Gasteiger partial charge is 0.309 e. The molecule has 0 fully saturated rings. The number of rotatable bonds is 11. The summed E-state index contributed by atoms with van der Waals surface area (Å²) in [5, 5.41) is 2.89. The Hall–Kier alpha value is -2.41. The third-order valence-corrected chi connectivity index (χ3v) is 5.75. The number of carbonyl (C=O) groups excluding carboxylic acids is 3. The van der Waals surface area contributed by atoms with Gasteiger partial charge >= 0.3 is 5.97 Å². The van der Waals surface area contributed by atoms with Gasteiger partial charge in [-0.2, -0.15) is 0 Å². The van der Waals surface area contributed by atoms with Crippen LogP contribution >= 0.6 is 0 Å². The highest BCUT2D eigenvalue weighted by Gasteiger charge is 2.38. The summed E-state index contributed by atoms with van der Waals surface area (Å²) in [5.74, 6) is -0.957. The molecular formula is C26H42N2O5. The lowest BCUT2D eigenvalue weighted by molar-refractivity contribution is -0.160. The fraction of sp³-hybridized carbons (Fsp3) is 0.654. The summed E-state index contributed by atoms with van der Waals surface area (Å²) in [7, 11) is 3.25. The first-order valence-corrected chi connectivity index (χ1v) is 11.7. The number of esters is 1. The van der Waals surface area contributed by atoms with Crippen molar-refractivity contribution in [3.05, 3.63) is 35.9 Å². The molecule has 0 radical (unpaired) electrons. The van der Waals surface area contributed by atoms with E-state index >= 15 is 0 Å². The lowest BCUT2D eigenvalue weighted by atomic mass is 9.90. The van der Waals surface area contributed by atoms with Gasteiger partial charge in [0.2, 0.25) is 5.91 Å². The predicted octanol–water partition coefficient (Wildman–Crippen LogP) is 4.06. The number of amides is 2. The Morgan fingerprint density at radius 3 is 2.09 bits per heavy atom. The summed E-state index contributed by atoms with van der Waals surface area (Å²) in [5.41, 5.74) is -0.107. The Balaban J connectivity index is 3.13. The number of likely N-dealkylation sites (N-methyl/N-ethyl adjacent to an activating group) is 1. The summed E-state index contributed by atoms with van der Waals surface area (Å²) >= 11 is 0. The Labute approximate surface area is 199 Å². The number of methoxy groups -OCH3 is 1. The Morgan fingerprint density at radius 1 is 1.06 bits per heavy atom. The number of benzene rings is 1. The average molecular weight is 463 g/mol. The molecule has 0 heterocycles. The SMILES string of the molecule is CC[C@H](C)[C@@H]([C@@H](CC(=O)OC(C)(C)C)OC)N(C)C(=O)[C@@H](NC(=O)c1ccccc1)C(C)C. The van der Waals surface area contributed by atoms with Gasteiger partial charge in [-0.1, -0.05) is 52.3 Å². The molecule has 7 nitrogen and oxygen atoms in total. The van der Waals surface area contributed by atoms with Crippen molar-refractivity contribution in [2.45, 2.75) is 85.1 Å². The molecule has 0 unspecified atom stereocenters. The van der Waals surface area contributed by atoms with Crippen molar-refractivity contribution >= 4 is 17.8 Å². The highest BCUT2D eigenvalue weighted by atomic mass is 16.6. The molecule has 1 rings (SSSR count). The number of ether oxygens (including phenoxy) is 2. The molecule has 0 aliphatic rings. The molecule has 0 bridgehead atoms. The molecular weight excluding hydrogens is 420 g/mol. The van der Waals surface area contributed by atoms with Gasteiger partial charge in [-0.25, -0.2) is 0 Å². The van der Waals surface area contributed by atoms with Crippen molar-refractivity contribution < 1.29 is 23.9 Å². The molecule has 0 aromatic heterocycles. The molecule has 1 aromatic carbocycles. The van der Waals surface area contributed by atoms with E-state index < -0.39 is 17.7 Å². The quantitative estimate of drug-likeness (QED) is 0.501. The first kappa shape index (κ1) is 28.6. The van der Waals surface area contributed by atoms with Gasteiger partial charge in [0, 0.05) is 19.7 Å². The summed E-state index contributed by atoms with van der Waals surface area (Å²) in [6, 6.07) is 7.75. The minimum absolute atomic E-state index is 0.0309. The third-order valence-electron chi connectivity index (χ3n) is 5.75. The molecule has 0 saturated heterocycles. The summed E-state index contributed by atoms with van der Waals surface area (Å²) < 4.78 is 11.2. The van der Waals surface area contributed by atoms with Crippen LogP contribution in [0.5, 0.6) is 0 Å². The standard InChI is InChI=1S/C26H42N2O5/c1-10-18(4)23(20(32-9)16-21(29)33-26(5,6)7)28(8)25(31)22(17(2)3)27-24(30)19-14-12-11-13-15-19/h11-15,17-18,20,22-23H,10,16H2,1-9H3,(H,27,30)/t18-,20+,22-,23-/m0/s1. The molecule has 33 heavy (non-hydrogen) atoms. The monoisotopic (exact) mass is 462 g/mol. The number of nitrogens with zero attached hydrogens (tertiary/aromatic N) is 1. The molecule has 0 aliphatic carbocycles. The summed E-state index contributed by atoms with van der Waals surface area (Å²) in [6.45, 7) is 13.3. The van der Waals surface area contributed by atoms with Crippen LogP contribution in [0.3, 0.4) is 0 Å². The van der Waals surface area contributed by atoms with E-state index in [4.69, 9.17) is 9.47 Å². The third kappa shape index (κ3) is 8.80. The molecule has 1 aromatic rings.